The van der Waals surface area contributed by atoms with Gasteiger partial charge in [0, 0.05) is 0 Å². The second-order valence-corrected chi connectivity index (χ2v) is 9.30. The van der Waals surface area contributed by atoms with Gasteiger partial charge in [-0.3, -0.25) is 4.79 Å². The second kappa shape index (κ2) is 8.24. The van der Waals surface area contributed by atoms with E-state index in [1.165, 1.54) is 11.8 Å². The van der Waals surface area contributed by atoms with Gasteiger partial charge in [-0.05, 0) is 22.1 Å². The number of benzene rings is 3. The summed E-state index contributed by atoms with van der Waals surface area (Å²) in [6, 6.07) is 30.6. The van der Waals surface area contributed by atoms with Crippen LogP contribution in [0.4, 0.5) is 0 Å². The molecule has 0 aliphatic carbocycles. The summed E-state index contributed by atoms with van der Waals surface area (Å²) in [5, 5.41) is 9.50. The van der Waals surface area contributed by atoms with Crippen molar-refractivity contribution < 1.29 is 9.90 Å². The topological polar surface area (TPSA) is 37.3 Å². The van der Waals surface area contributed by atoms with Crippen LogP contribution in [-0.2, 0) is 9.54 Å². The van der Waals surface area contributed by atoms with Crippen LogP contribution in [-0.4, -0.2) is 16.3 Å². The van der Waals surface area contributed by atoms with Crippen LogP contribution in [0.1, 0.15) is 37.5 Å². The Balaban J connectivity index is 2.33. The van der Waals surface area contributed by atoms with Gasteiger partial charge < -0.3 is 5.11 Å². The van der Waals surface area contributed by atoms with Crippen molar-refractivity contribution in [3.63, 3.8) is 0 Å². The molecule has 3 rings (SSSR count). The summed E-state index contributed by atoms with van der Waals surface area (Å²) in [5.41, 5.74) is 2.83. The van der Waals surface area contributed by atoms with Gasteiger partial charge in [0.15, 0.2) is 0 Å². The average molecular weight is 391 g/mol. The van der Waals surface area contributed by atoms with Gasteiger partial charge in [-0.15, -0.1) is 11.8 Å². The van der Waals surface area contributed by atoms with E-state index in [2.05, 4.69) is 36.4 Å². The molecule has 0 radical (unpaired) electrons. The Morgan fingerprint density at radius 3 is 1.29 bits per heavy atom. The van der Waals surface area contributed by atoms with Gasteiger partial charge in [0.2, 0.25) is 0 Å². The molecule has 0 saturated heterocycles. The molecule has 2 nitrogen and oxygen atoms in total. The Morgan fingerprint density at radius 1 is 0.714 bits per heavy atom. The summed E-state index contributed by atoms with van der Waals surface area (Å²) in [6.45, 7) is 5.97. The molecule has 3 aromatic carbocycles. The summed E-state index contributed by atoms with van der Waals surface area (Å²) in [5.74, 6) is -0.787. The Bertz CT molecular complexity index is 803. The summed E-state index contributed by atoms with van der Waals surface area (Å²) in [6.07, 6.45) is 0. The lowest BCUT2D eigenvalue weighted by Crippen LogP contribution is -2.38. The molecule has 0 fully saturated rings. The Morgan fingerprint density at radius 2 is 1.04 bits per heavy atom. The fraction of sp³-hybridized carbons (Fsp3) is 0.240. The van der Waals surface area contributed by atoms with Crippen molar-refractivity contribution in [2.45, 2.75) is 30.8 Å². The maximum Gasteiger partial charge on any atom is 0.317 e. The zero-order valence-electron chi connectivity index (χ0n) is 16.5. The predicted octanol–water partition coefficient (Wildman–Crippen LogP) is 6.21. The van der Waals surface area contributed by atoms with Crippen molar-refractivity contribution in [2.24, 2.45) is 5.41 Å². The highest BCUT2D eigenvalue weighted by atomic mass is 32.2. The van der Waals surface area contributed by atoms with Crippen LogP contribution >= 0.6 is 11.8 Å². The van der Waals surface area contributed by atoms with Crippen LogP contribution in [0.25, 0.3) is 0 Å². The zero-order chi connectivity index (χ0) is 20.2. The van der Waals surface area contributed by atoms with E-state index < -0.39 is 21.4 Å². The number of hydrogen-bond acceptors (Lipinski definition) is 2. The van der Waals surface area contributed by atoms with Gasteiger partial charge in [-0.25, -0.2) is 0 Å². The molecule has 0 saturated carbocycles. The van der Waals surface area contributed by atoms with Crippen LogP contribution in [0.5, 0.6) is 0 Å². The smallest absolute Gasteiger partial charge is 0.317 e. The van der Waals surface area contributed by atoms with E-state index in [-0.39, 0.29) is 0 Å². The summed E-state index contributed by atoms with van der Waals surface area (Å²) < 4.78 is -0.625. The number of carboxylic acid groups (broad SMARTS) is 1. The molecule has 3 aromatic rings. The van der Waals surface area contributed by atoms with Crippen molar-refractivity contribution in [1.82, 2.24) is 0 Å². The normalized spacial score (nSPS) is 13.1. The molecule has 1 unspecified atom stereocenters. The number of rotatable bonds is 6. The minimum Gasteiger partial charge on any atom is -0.480 e. The third kappa shape index (κ3) is 4.00. The highest BCUT2D eigenvalue weighted by Gasteiger charge is 2.44. The number of carboxylic acids is 1. The van der Waals surface area contributed by atoms with Crippen LogP contribution in [0.15, 0.2) is 91.0 Å². The first-order valence-electron chi connectivity index (χ1n) is 9.43. The number of aliphatic carboxylic acids is 1. The summed E-state index contributed by atoms with van der Waals surface area (Å²) in [7, 11) is 0. The molecule has 0 aromatic heterocycles. The van der Waals surface area contributed by atoms with E-state index in [4.69, 9.17) is 0 Å². The number of hydrogen-bond donors (Lipinski definition) is 1. The Hall–Kier alpha value is -2.52. The molecular weight excluding hydrogens is 364 g/mol. The molecule has 0 bridgehead atoms. The van der Waals surface area contributed by atoms with Crippen molar-refractivity contribution in [2.75, 3.05) is 0 Å². The fourth-order valence-electron chi connectivity index (χ4n) is 3.50. The lowest BCUT2D eigenvalue weighted by atomic mass is 9.84. The molecular formula is C25H26O2S. The van der Waals surface area contributed by atoms with Crippen molar-refractivity contribution in [3.05, 3.63) is 108 Å². The second-order valence-electron chi connectivity index (χ2n) is 7.98. The van der Waals surface area contributed by atoms with Gasteiger partial charge in [0.05, 0.1) is 4.75 Å². The highest BCUT2D eigenvalue weighted by molar-refractivity contribution is 8.02. The van der Waals surface area contributed by atoms with E-state index in [0.29, 0.717) is 0 Å². The molecule has 3 heteroatoms. The number of thioether (sulfide) groups is 1. The molecule has 0 heterocycles. The van der Waals surface area contributed by atoms with Crippen molar-refractivity contribution in [1.29, 1.82) is 0 Å². The third-order valence-corrected chi connectivity index (χ3v) is 7.05. The van der Waals surface area contributed by atoms with E-state index in [1.807, 2.05) is 75.4 Å². The molecule has 1 N–H and O–H groups in total. The van der Waals surface area contributed by atoms with Crippen LogP contribution < -0.4 is 0 Å². The van der Waals surface area contributed by atoms with Crippen LogP contribution in [0.3, 0.4) is 0 Å². The minimum absolute atomic E-state index is 0.403. The quantitative estimate of drug-likeness (QED) is 0.508. The minimum atomic E-state index is -0.787. The average Bonchev–Trinajstić information content (AvgIpc) is 2.70. The first kappa shape index (κ1) is 20.2. The van der Waals surface area contributed by atoms with Gasteiger partial charge in [-0.1, -0.05) is 112 Å². The molecule has 0 spiro atoms. The van der Waals surface area contributed by atoms with Gasteiger partial charge >= 0.3 is 5.97 Å². The number of carbonyl (C=O) groups is 1. The SMILES string of the molecule is CC(C)(C)C(SC(c1ccccc1)(c1ccccc1)c1ccccc1)C(=O)O. The molecule has 144 valence electrons. The van der Waals surface area contributed by atoms with Crippen LogP contribution in [0, 0.1) is 5.41 Å². The predicted molar refractivity (Wildman–Crippen MR) is 118 cm³/mol. The molecule has 28 heavy (non-hydrogen) atoms. The van der Waals surface area contributed by atoms with Crippen LogP contribution in [0.2, 0.25) is 0 Å². The van der Waals surface area contributed by atoms with Gasteiger partial charge in [-0.2, -0.15) is 0 Å². The van der Waals surface area contributed by atoms with Crippen molar-refractivity contribution >= 4 is 17.7 Å². The lowest BCUT2D eigenvalue weighted by molar-refractivity contribution is -0.138. The molecule has 0 aliphatic heterocycles. The summed E-state index contributed by atoms with van der Waals surface area (Å²) in [4.78, 5) is 12.3. The third-order valence-electron chi connectivity index (χ3n) is 4.85. The molecule has 1 atom stereocenters. The molecule has 0 amide bonds. The Labute approximate surface area is 171 Å². The van der Waals surface area contributed by atoms with Gasteiger partial charge in [0.1, 0.15) is 5.25 Å². The van der Waals surface area contributed by atoms with E-state index in [0.717, 1.165) is 16.7 Å². The van der Waals surface area contributed by atoms with E-state index >= 15 is 0 Å². The standard InChI is InChI=1S/C25H26O2S/c1-24(2,3)22(23(26)27)28-25(19-13-7-4-8-14-19,20-15-9-5-10-16-20)21-17-11-6-12-18-21/h4-18,22H,1-3H3,(H,26,27). The fourth-order valence-corrected chi connectivity index (χ4v) is 5.12. The maximum absolute atomic E-state index is 12.3. The Kier molecular flexibility index (Phi) is 5.95. The van der Waals surface area contributed by atoms with E-state index in [1.54, 1.807) is 0 Å². The van der Waals surface area contributed by atoms with Crippen molar-refractivity contribution in [3.8, 4) is 0 Å². The van der Waals surface area contributed by atoms with E-state index in [9.17, 15) is 9.90 Å². The van der Waals surface area contributed by atoms with Gasteiger partial charge in [0.25, 0.3) is 0 Å². The first-order valence-corrected chi connectivity index (χ1v) is 10.3. The highest BCUT2D eigenvalue weighted by Crippen LogP contribution is 2.52. The maximum atomic E-state index is 12.3. The zero-order valence-corrected chi connectivity index (χ0v) is 17.3. The lowest BCUT2D eigenvalue weighted by Gasteiger charge is -2.40. The molecule has 0 aliphatic rings. The summed E-state index contributed by atoms with van der Waals surface area (Å²) >= 11 is 1.51. The first-order chi connectivity index (χ1) is 13.4. The monoisotopic (exact) mass is 390 g/mol. The largest absolute Gasteiger partial charge is 0.480 e.